The molecule has 0 unspecified atom stereocenters. The molecule has 0 aromatic heterocycles. The lowest BCUT2D eigenvalue weighted by molar-refractivity contribution is 0.627. The third kappa shape index (κ3) is 3.68. The smallest absolute Gasteiger partial charge is 0.123 e. The first-order valence-corrected chi connectivity index (χ1v) is 4.77. The summed E-state index contributed by atoms with van der Waals surface area (Å²) in [5.74, 6) is -0.267. The zero-order valence-corrected chi connectivity index (χ0v) is 9.13. The summed E-state index contributed by atoms with van der Waals surface area (Å²) in [7, 11) is 0. The number of halogens is 2. The molecule has 0 fully saturated rings. The minimum absolute atomic E-state index is 0.267. The van der Waals surface area contributed by atoms with Crippen molar-refractivity contribution in [1.29, 1.82) is 0 Å². The first-order valence-electron chi connectivity index (χ1n) is 4.39. The zero-order chi connectivity index (χ0) is 11.3. The van der Waals surface area contributed by atoms with Gasteiger partial charge in [0, 0.05) is 16.8 Å². The van der Waals surface area contributed by atoms with E-state index in [2.05, 4.69) is 11.7 Å². The fourth-order valence-electron chi connectivity index (χ4n) is 1.15. The van der Waals surface area contributed by atoms with Crippen molar-refractivity contribution in [1.82, 2.24) is 0 Å². The van der Waals surface area contributed by atoms with Crippen LogP contribution in [0.15, 0.2) is 46.6 Å². The molecule has 0 saturated carbocycles. The quantitative estimate of drug-likeness (QED) is 0.542. The van der Waals surface area contributed by atoms with Crippen LogP contribution in [0.1, 0.15) is 12.5 Å². The zero-order valence-electron chi connectivity index (χ0n) is 8.37. The predicted octanol–water partition coefficient (Wildman–Crippen LogP) is 4.01. The van der Waals surface area contributed by atoms with Gasteiger partial charge in [0.05, 0.1) is 0 Å². The summed E-state index contributed by atoms with van der Waals surface area (Å²) in [5, 5.41) is 0.634. The Kier molecular flexibility index (Phi) is 4.25. The van der Waals surface area contributed by atoms with Crippen molar-refractivity contribution < 1.29 is 4.39 Å². The summed E-state index contributed by atoms with van der Waals surface area (Å²) in [6, 6.07) is 6.12. The molecule has 1 nitrogen and oxygen atoms in total. The Morgan fingerprint density at radius 1 is 1.40 bits per heavy atom. The number of aliphatic imine (C=N–C) groups is 1. The molecule has 15 heavy (non-hydrogen) atoms. The van der Waals surface area contributed by atoms with Gasteiger partial charge >= 0.3 is 0 Å². The SMILES string of the molecule is C=N/C=C(\C=C(/C)Cl)c1ccc(F)cc1. The average Bonchev–Trinajstić information content (AvgIpc) is 2.17. The van der Waals surface area contributed by atoms with E-state index in [1.165, 1.54) is 12.1 Å². The van der Waals surface area contributed by atoms with Gasteiger partial charge in [-0.25, -0.2) is 4.39 Å². The van der Waals surface area contributed by atoms with Crippen molar-refractivity contribution in [3.05, 3.63) is 53.0 Å². The Morgan fingerprint density at radius 2 is 2.00 bits per heavy atom. The van der Waals surface area contributed by atoms with Gasteiger partial charge < -0.3 is 0 Å². The molecule has 0 spiro atoms. The van der Waals surface area contributed by atoms with E-state index >= 15 is 0 Å². The van der Waals surface area contributed by atoms with E-state index in [0.29, 0.717) is 5.03 Å². The van der Waals surface area contributed by atoms with Crippen molar-refractivity contribution in [3.63, 3.8) is 0 Å². The summed E-state index contributed by atoms with van der Waals surface area (Å²) in [6.45, 7) is 5.14. The van der Waals surface area contributed by atoms with Crippen LogP contribution in [0.4, 0.5) is 4.39 Å². The Morgan fingerprint density at radius 3 is 2.47 bits per heavy atom. The molecular weight excluding hydrogens is 213 g/mol. The van der Waals surface area contributed by atoms with Gasteiger partial charge in [-0.2, -0.15) is 0 Å². The maximum absolute atomic E-state index is 12.7. The number of hydrogen-bond acceptors (Lipinski definition) is 1. The summed E-state index contributed by atoms with van der Waals surface area (Å²) < 4.78 is 12.7. The van der Waals surface area contributed by atoms with Gasteiger partial charge in [-0.3, -0.25) is 4.99 Å². The third-order valence-electron chi connectivity index (χ3n) is 1.76. The topological polar surface area (TPSA) is 12.4 Å². The van der Waals surface area contributed by atoms with E-state index in [-0.39, 0.29) is 5.82 Å². The average molecular weight is 224 g/mol. The second-order valence-corrected chi connectivity index (χ2v) is 3.60. The van der Waals surface area contributed by atoms with Gasteiger partial charge in [-0.1, -0.05) is 23.7 Å². The first kappa shape index (κ1) is 11.7. The Hall–Kier alpha value is -1.41. The fourth-order valence-corrected chi connectivity index (χ4v) is 1.27. The maximum Gasteiger partial charge on any atom is 0.123 e. The van der Waals surface area contributed by atoms with E-state index < -0.39 is 0 Å². The highest BCUT2D eigenvalue weighted by Gasteiger charge is 1.99. The van der Waals surface area contributed by atoms with Crippen molar-refractivity contribution in [2.24, 2.45) is 4.99 Å². The molecule has 0 atom stereocenters. The molecule has 0 amide bonds. The predicted molar refractivity (Wildman–Crippen MR) is 63.5 cm³/mol. The molecule has 1 aromatic rings. The monoisotopic (exact) mass is 223 g/mol. The number of benzene rings is 1. The molecule has 0 bridgehead atoms. The molecule has 3 heteroatoms. The minimum atomic E-state index is -0.267. The van der Waals surface area contributed by atoms with Crippen LogP contribution >= 0.6 is 11.6 Å². The van der Waals surface area contributed by atoms with Gasteiger partial charge in [0.25, 0.3) is 0 Å². The standard InChI is InChI=1S/C12H11ClFN/c1-9(13)7-11(8-15-2)10-3-5-12(14)6-4-10/h3-8H,2H2,1H3/b9-7+,11-8+. The van der Waals surface area contributed by atoms with Crippen LogP contribution < -0.4 is 0 Å². The molecule has 0 aliphatic carbocycles. The van der Waals surface area contributed by atoms with Gasteiger partial charge in [0.15, 0.2) is 0 Å². The van der Waals surface area contributed by atoms with Crippen LogP contribution in [-0.2, 0) is 0 Å². The van der Waals surface area contributed by atoms with Crippen molar-refractivity contribution in [3.8, 4) is 0 Å². The normalized spacial score (nSPS) is 12.7. The van der Waals surface area contributed by atoms with Gasteiger partial charge in [-0.05, 0) is 37.4 Å². The Labute approximate surface area is 93.6 Å². The highest BCUT2D eigenvalue weighted by atomic mass is 35.5. The molecular formula is C12H11ClFN. The molecule has 1 rings (SSSR count). The highest BCUT2D eigenvalue weighted by Crippen LogP contribution is 2.19. The summed E-state index contributed by atoms with van der Waals surface area (Å²) in [6.07, 6.45) is 3.34. The van der Waals surface area contributed by atoms with Crippen LogP contribution in [0.5, 0.6) is 0 Å². The van der Waals surface area contributed by atoms with Crippen molar-refractivity contribution in [2.45, 2.75) is 6.92 Å². The van der Waals surface area contributed by atoms with E-state index in [4.69, 9.17) is 11.6 Å². The summed E-state index contributed by atoms with van der Waals surface area (Å²) >= 11 is 5.77. The molecule has 1 aromatic carbocycles. The van der Waals surface area contributed by atoms with E-state index in [1.54, 1.807) is 31.3 Å². The van der Waals surface area contributed by atoms with Crippen molar-refractivity contribution in [2.75, 3.05) is 0 Å². The summed E-state index contributed by atoms with van der Waals surface area (Å²) in [5.41, 5.74) is 1.65. The minimum Gasteiger partial charge on any atom is -0.272 e. The molecule has 0 aliphatic rings. The number of allylic oxidation sites excluding steroid dienone is 3. The van der Waals surface area contributed by atoms with E-state index in [0.717, 1.165) is 11.1 Å². The molecule has 78 valence electrons. The lowest BCUT2D eigenvalue weighted by Crippen LogP contribution is -1.82. The first-order chi connectivity index (χ1) is 7.13. The number of hydrogen-bond donors (Lipinski definition) is 0. The van der Waals surface area contributed by atoms with Crippen LogP contribution in [0.2, 0.25) is 0 Å². The Bertz CT molecular complexity index is 400. The second kappa shape index (κ2) is 5.47. The third-order valence-corrected chi connectivity index (χ3v) is 1.87. The molecule has 0 radical (unpaired) electrons. The van der Waals surface area contributed by atoms with Crippen LogP contribution in [0.3, 0.4) is 0 Å². The molecule has 0 aliphatic heterocycles. The lowest BCUT2D eigenvalue weighted by Gasteiger charge is -2.01. The van der Waals surface area contributed by atoms with Gasteiger partial charge in [0.2, 0.25) is 0 Å². The molecule has 0 N–H and O–H groups in total. The van der Waals surface area contributed by atoms with Crippen LogP contribution in [-0.4, -0.2) is 6.72 Å². The van der Waals surface area contributed by atoms with Crippen LogP contribution in [0, 0.1) is 5.82 Å². The number of nitrogens with zero attached hydrogens (tertiary/aromatic N) is 1. The number of rotatable bonds is 3. The lowest BCUT2D eigenvalue weighted by atomic mass is 10.1. The second-order valence-electron chi connectivity index (χ2n) is 3.01. The van der Waals surface area contributed by atoms with Gasteiger partial charge in [-0.15, -0.1) is 0 Å². The fraction of sp³-hybridized carbons (Fsp3) is 0.0833. The van der Waals surface area contributed by atoms with Crippen LogP contribution in [0.25, 0.3) is 5.57 Å². The van der Waals surface area contributed by atoms with E-state index in [9.17, 15) is 4.39 Å². The Balaban J connectivity index is 3.11. The maximum atomic E-state index is 12.7. The van der Waals surface area contributed by atoms with E-state index in [1.807, 2.05) is 0 Å². The highest BCUT2D eigenvalue weighted by molar-refractivity contribution is 6.29. The largest absolute Gasteiger partial charge is 0.272 e. The molecule has 0 saturated heterocycles. The summed E-state index contributed by atoms with van der Waals surface area (Å²) in [4.78, 5) is 3.68. The molecule has 0 heterocycles. The van der Waals surface area contributed by atoms with Crippen molar-refractivity contribution >= 4 is 23.9 Å². The van der Waals surface area contributed by atoms with Gasteiger partial charge in [0.1, 0.15) is 5.82 Å².